The fraction of sp³-hybridized carbons (Fsp3) is 0.643. The zero-order valence-corrected chi connectivity index (χ0v) is 14.9. The molecule has 106 valence electrons. The van der Waals surface area contributed by atoms with Gasteiger partial charge in [0.15, 0.2) is 8.32 Å². The molecule has 0 aliphatic carbocycles. The van der Waals surface area contributed by atoms with Crippen molar-refractivity contribution in [3.05, 3.63) is 28.5 Å². The highest BCUT2D eigenvalue weighted by molar-refractivity contribution is 9.10. The summed E-state index contributed by atoms with van der Waals surface area (Å²) in [7, 11) is -1.85. The van der Waals surface area contributed by atoms with Crippen molar-refractivity contribution in [3.63, 3.8) is 0 Å². The van der Waals surface area contributed by atoms with Crippen LogP contribution in [-0.4, -0.2) is 26.5 Å². The van der Waals surface area contributed by atoms with Gasteiger partial charge in [-0.1, -0.05) is 26.8 Å². The monoisotopic (exact) mass is 343 g/mol. The minimum absolute atomic E-state index is 0.182. The summed E-state index contributed by atoms with van der Waals surface area (Å²) < 4.78 is 12.9. The average molecular weight is 344 g/mol. The highest BCUT2D eigenvalue weighted by Crippen LogP contribution is 2.44. The predicted molar refractivity (Wildman–Crippen MR) is 82.7 cm³/mol. The maximum atomic E-state index is 6.60. The molecule has 1 aliphatic rings. The summed E-state index contributed by atoms with van der Waals surface area (Å²) in [6, 6.07) is 5.96. The van der Waals surface area contributed by atoms with Gasteiger partial charge in [-0.25, -0.2) is 4.98 Å². The second-order valence-corrected chi connectivity index (χ2v) is 12.2. The second kappa shape index (κ2) is 4.95. The SMILES string of the molecule is CC(C)(C)[Si](C)(C)OC1(c2cccc(Br)n2)COC1. The molecular weight excluding hydrogens is 322 g/mol. The van der Waals surface area contributed by atoms with E-state index in [4.69, 9.17) is 9.16 Å². The van der Waals surface area contributed by atoms with Gasteiger partial charge in [0.2, 0.25) is 0 Å². The first-order chi connectivity index (χ1) is 8.66. The minimum Gasteiger partial charge on any atom is -0.402 e. The first-order valence-corrected chi connectivity index (χ1v) is 10.3. The zero-order valence-electron chi connectivity index (χ0n) is 12.3. The molecule has 3 nitrogen and oxygen atoms in total. The van der Waals surface area contributed by atoms with E-state index >= 15 is 0 Å². The van der Waals surface area contributed by atoms with Gasteiger partial charge in [0.25, 0.3) is 0 Å². The van der Waals surface area contributed by atoms with Crippen LogP contribution in [0.1, 0.15) is 26.5 Å². The van der Waals surface area contributed by atoms with E-state index in [1.54, 1.807) is 0 Å². The Bertz CT molecular complexity index is 467. The van der Waals surface area contributed by atoms with Crippen molar-refractivity contribution in [2.24, 2.45) is 0 Å². The van der Waals surface area contributed by atoms with Crippen LogP contribution in [0, 0.1) is 0 Å². The van der Waals surface area contributed by atoms with Crippen molar-refractivity contribution in [1.82, 2.24) is 4.98 Å². The summed E-state index contributed by atoms with van der Waals surface area (Å²) in [5.41, 5.74) is 0.616. The van der Waals surface area contributed by atoms with Crippen LogP contribution in [0.5, 0.6) is 0 Å². The summed E-state index contributed by atoms with van der Waals surface area (Å²) in [5, 5.41) is 0.182. The molecule has 0 amide bonds. The number of aromatic nitrogens is 1. The molecule has 1 aromatic heterocycles. The Morgan fingerprint density at radius 1 is 1.32 bits per heavy atom. The summed E-state index contributed by atoms with van der Waals surface area (Å²) in [5.74, 6) is 0. The highest BCUT2D eigenvalue weighted by atomic mass is 79.9. The van der Waals surface area contributed by atoms with Crippen LogP contribution in [0.4, 0.5) is 0 Å². The number of pyridine rings is 1. The molecule has 2 rings (SSSR count). The van der Waals surface area contributed by atoms with Crippen LogP contribution >= 0.6 is 15.9 Å². The van der Waals surface area contributed by atoms with Gasteiger partial charge in [0.1, 0.15) is 10.2 Å². The maximum absolute atomic E-state index is 6.60. The van der Waals surface area contributed by atoms with Gasteiger partial charge < -0.3 is 9.16 Å². The topological polar surface area (TPSA) is 31.4 Å². The van der Waals surface area contributed by atoms with Gasteiger partial charge in [-0.05, 0) is 46.2 Å². The smallest absolute Gasteiger partial charge is 0.193 e. The number of ether oxygens (including phenoxy) is 1. The van der Waals surface area contributed by atoms with E-state index in [1.807, 2.05) is 18.2 Å². The molecular formula is C14H22BrNO2Si. The molecule has 0 atom stereocenters. The van der Waals surface area contributed by atoms with Crippen LogP contribution < -0.4 is 0 Å². The number of rotatable bonds is 3. The number of nitrogens with zero attached hydrogens (tertiary/aromatic N) is 1. The molecule has 5 heteroatoms. The van der Waals surface area contributed by atoms with Gasteiger partial charge >= 0.3 is 0 Å². The van der Waals surface area contributed by atoms with E-state index in [1.165, 1.54) is 0 Å². The molecule has 0 aromatic carbocycles. The minimum atomic E-state index is -1.85. The summed E-state index contributed by atoms with van der Waals surface area (Å²) in [6.07, 6.45) is 0. The quantitative estimate of drug-likeness (QED) is 0.611. The Morgan fingerprint density at radius 2 is 1.95 bits per heavy atom. The van der Waals surface area contributed by atoms with Gasteiger partial charge in [-0.3, -0.25) is 0 Å². The highest BCUT2D eigenvalue weighted by Gasteiger charge is 2.50. The molecule has 1 saturated heterocycles. The Hall–Kier alpha value is -0.233. The number of hydrogen-bond acceptors (Lipinski definition) is 3. The van der Waals surface area contributed by atoms with Crippen LogP contribution in [-0.2, 0) is 14.8 Å². The van der Waals surface area contributed by atoms with Crippen molar-refractivity contribution in [3.8, 4) is 0 Å². The summed E-state index contributed by atoms with van der Waals surface area (Å²) in [6.45, 7) is 12.5. The predicted octanol–water partition coefficient (Wildman–Crippen LogP) is 4.09. The van der Waals surface area contributed by atoms with Crippen molar-refractivity contribution < 1.29 is 9.16 Å². The molecule has 0 unspecified atom stereocenters. The van der Waals surface area contributed by atoms with Crippen LogP contribution in [0.15, 0.2) is 22.8 Å². The summed E-state index contributed by atoms with van der Waals surface area (Å²) in [4.78, 5) is 4.57. The molecule has 0 spiro atoms. The fourth-order valence-electron chi connectivity index (χ4n) is 1.85. The molecule has 0 saturated carbocycles. The Kier molecular flexibility index (Phi) is 3.95. The average Bonchev–Trinajstić information content (AvgIpc) is 2.22. The molecule has 0 N–H and O–H groups in total. The fourth-order valence-corrected chi connectivity index (χ4v) is 3.70. The van der Waals surface area contributed by atoms with Gasteiger partial charge in [0.05, 0.1) is 18.9 Å². The third-order valence-electron chi connectivity index (χ3n) is 4.11. The summed E-state index contributed by atoms with van der Waals surface area (Å²) >= 11 is 3.43. The maximum Gasteiger partial charge on any atom is 0.193 e. The lowest BCUT2D eigenvalue weighted by atomic mass is 9.97. The largest absolute Gasteiger partial charge is 0.402 e. The van der Waals surface area contributed by atoms with Gasteiger partial charge in [0, 0.05) is 0 Å². The Balaban J connectivity index is 2.30. The normalized spacial score (nSPS) is 19.1. The molecule has 2 heterocycles. The third-order valence-corrected chi connectivity index (χ3v) is 9.06. The standard InChI is InChI=1S/C14H22BrNO2Si/c1-13(2,3)19(4,5)18-14(9-17-10-14)11-7-6-8-12(15)16-11/h6-8H,9-10H2,1-5H3. The Labute approximate surface area is 125 Å². The second-order valence-electron chi connectivity index (χ2n) is 6.70. The Morgan fingerprint density at radius 3 is 2.37 bits per heavy atom. The van der Waals surface area contributed by atoms with Crippen LogP contribution in [0.3, 0.4) is 0 Å². The zero-order chi connectivity index (χ0) is 14.3. The lowest BCUT2D eigenvalue weighted by Gasteiger charge is -2.49. The van der Waals surface area contributed by atoms with E-state index < -0.39 is 8.32 Å². The first kappa shape index (κ1) is 15.2. The van der Waals surface area contributed by atoms with Crippen molar-refractivity contribution in [2.75, 3.05) is 13.2 Å². The molecule has 1 aromatic rings. The van der Waals surface area contributed by atoms with E-state index in [2.05, 4.69) is 54.8 Å². The molecule has 1 aliphatic heterocycles. The lowest BCUT2D eigenvalue weighted by molar-refractivity contribution is -0.177. The molecule has 19 heavy (non-hydrogen) atoms. The first-order valence-electron chi connectivity index (χ1n) is 6.57. The molecule has 0 bridgehead atoms. The molecule has 1 fully saturated rings. The van der Waals surface area contributed by atoms with Gasteiger partial charge in [-0.15, -0.1) is 0 Å². The molecule has 0 radical (unpaired) electrons. The van der Waals surface area contributed by atoms with E-state index in [0.717, 1.165) is 10.3 Å². The third kappa shape index (κ3) is 2.94. The van der Waals surface area contributed by atoms with Crippen molar-refractivity contribution >= 4 is 24.2 Å². The van der Waals surface area contributed by atoms with Crippen molar-refractivity contribution in [1.29, 1.82) is 0 Å². The van der Waals surface area contributed by atoms with E-state index in [-0.39, 0.29) is 10.6 Å². The number of halogens is 1. The van der Waals surface area contributed by atoms with Gasteiger partial charge in [-0.2, -0.15) is 0 Å². The van der Waals surface area contributed by atoms with Crippen molar-refractivity contribution in [2.45, 2.75) is 44.5 Å². The lowest BCUT2D eigenvalue weighted by Crippen LogP contribution is -2.57. The number of hydrogen-bond donors (Lipinski definition) is 0. The van der Waals surface area contributed by atoms with E-state index in [0.29, 0.717) is 13.2 Å². The van der Waals surface area contributed by atoms with Crippen LogP contribution in [0.2, 0.25) is 18.1 Å². The van der Waals surface area contributed by atoms with E-state index in [9.17, 15) is 0 Å². The van der Waals surface area contributed by atoms with Crippen LogP contribution in [0.25, 0.3) is 0 Å².